The number of benzene rings is 2. The van der Waals surface area contributed by atoms with E-state index in [4.69, 9.17) is 0 Å². The van der Waals surface area contributed by atoms with E-state index < -0.39 is 0 Å². The number of rotatable bonds is 6. The van der Waals surface area contributed by atoms with Crippen LogP contribution in [0.15, 0.2) is 59.8 Å². The topological polar surface area (TPSA) is 75.9 Å². The van der Waals surface area contributed by atoms with Crippen molar-refractivity contribution in [2.24, 2.45) is 0 Å². The van der Waals surface area contributed by atoms with Crippen molar-refractivity contribution in [2.75, 3.05) is 18.1 Å². The summed E-state index contributed by atoms with van der Waals surface area (Å²) in [6, 6.07) is 16.0. The Hall–Kier alpha value is -2.71. The minimum absolute atomic E-state index is 0.0344. The Balaban J connectivity index is 1.43. The Morgan fingerprint density at radius 1 is 1.25 bits per heavy atom. The third-order valence-corrected chi connectivity index (χ3v) is 5.68. The second-order valence-electron chi connectivity index (χ2n) is 6.77. The van der Waals surface area contributed by atoms with E-state index >= 15 is 0 Å². The van der Waals surface area contributed by atoms with Crippen LogP contribution < -0.4 is 5.32 Å². The smallest absolute Gasteiger partial charge is 0.241 e. The summed E-state index contributed by atoms with van der Waals surface area (Å²) in [6.07, 6.45) is 5.51. The maximum absolute atomic E-state index is 12.9. The standard InChI is InChI=1S/C20H22N6OS/c1-28-18-9-7-15(8-10-18)13-25-11-3-6-19(25)20(27)22-16-4-2-5-17(12-16)26-14-21-23-24-26/h2,4-5,7-10,12,14,19H,3,6,11,13H2,1H3,(H,22,27)/t19-/m0/s1. The number of aromatic nitrogens is 4. The van der Waals surface area contributed by atoms with Gasteiger partial charge in [-0.1, -0.05) is 18.2 Å². The molecule has 0 unspecified atom stereocenters. The molecule has 0 radical (unpaired) electrons. The third-order valence-electron chi connectivity index (χ3n) is 4.94. The number of amides is 1. The summed E-state index contributed by atoms with van der Waals surface area (Å²) in [4.78, 5) is 16.4. The normalized spacial score (nSPS) is 17.0. The molecule has 0 aliphatic carbocycles. The van der Waals surface area contributed by atoms with Crippen LogP contribution in [0.3, 0.4) is 0 Å². The molecule has 28 heavy (non-hydrogen) atoms. The Morgan fingerprint density at radius 3 is 2.86 bits per heavy atom. The lowest BCUT2D eigenvalue weighted by Crippen LogP contribution is -2.39. The summed E-state index contributed by atoms with van der Waals surface area (Å²) in [5.41, 5.74) is 2.78. The zero-order valence-electron chi connectivity index (χ0n) is 15.7. The number of carbonyl (C=O) groups is 1. The van der Waals surface area contributed by atoms with E-state index in [-0.39, 0.29) is 11.9 Å². The molecule has 8 heteroatoms. The van der Waals surface area contributed by atoms with Crippen molar-refractivity contribution in [1.82, 2.24) is 25.1 Å². The third kappa shape index (κ3) is 4.23. The van der Waals surface area contributed by atoms with E-state index in [9.17, 15) is 4.79 Å². The Morgan fingerprint density at radius 2 is 2.11 bits per heavy atom. The number of nitrogens with zero attached hydrogens (tertiary/aromatic N) is 5. The van der Waals surface area contributed by atoms with Gasteiger partial charge in [-0.15, -0.1) is 16.9 Å². The number of thioether (sulfide) groups is 1. The molecule has 1 atom stereocenters. The van der Waals surface area contributed by atoms with Crippen molar-refractivity contribution in [3.63, 3.8) is 0 Å². The summed E-state index contributed by atoms with van der Waals surface area (Å²) in [7, 11) is 0. The highest BCUT2D eigenvalue weighted by molar-refractivity contribution is 7.98. The number of hydrogen-bond donors (Lipinski definition) is 1. The van der Waals surface area contributed by atoms with Crippen molar-refractivity contribution in [3.05, 3.63) is 60.4 Å². The summed E-state index contributed by atoms with van der Waals surface area (Å²) in [5.74, 6) is 0.0344. The SMILES string of the molecule is CSc1ccc(CN2CCC[C@H]2C(=O)Nc2cccc(-n3cnnn3)c2)cc1. The minimum atomic E-state index is -0.114. The number of likely N-dealkylation sites (tertiary alicyclic amines) is 1. The zero-order chi connectivity index (χ0) is 19.3. The van der Waals surface area contributed by atoms with Crippen LogP contribution in [0.25, 0.3) is 5.69 Å². The predicted octanol–water partition coefficient (Wildman–Crippen LogP) is 2.99. The van der Waals surface area contributed by atoms with Crippen molar-refractivity contribution in [1.29, 1.82) is 0 Å². The van der Waals surface area contributed by atoms with Crippen molar-refractivity contribution >= 4 is 23.4 Å². The van der Waals surface area contributed by atoms with Gasteiger partial charge in [-0.25, -0.2) is 4.68 Å². The average Bonchev–Trinajstić information content (AvgIpc) is 3.41. The van der Waals surface area contributed by atoms with E-state index in [1.54, 1.807) is 16.4 Å². The summed E-state index contributed by atoms with van der Waals surface area (Å²) in [5, 5.41) is 14.2. The molecule has 1 amide bonds. The van der Waals surface area contributed by atoms with Gasteiger partial charge < -0.3 is 5.32 Å². The first-order valence-electron chi connectivity index (χ1n) is 9.24. The molecule has 0 saturated carbocycles. The van der Waals surface area contributed by atoms with Crippen LogP contribution >= 0.6 is 11.8 Å². The summed E-state index contributed by atoms with van der Waals surface area (Å²) < 4.78 is 1.57. The van der Waals surface area contributed by atoms with Gasteiger partial charge in [0.25, 0.3) is 0 Å². The van der Waals surface area contributed by atoms with Crippen LogP contribution in [0, 0.1) is 0 Å². The molecule has 0 spiro atoms. The molecule has 4 rings (SSSR count). The van der Waals surface area contributed by atoms with Crippen molar-refractivity contribution < 1.29 is 4.79 Å². The Kier molecular flexibility index (Phi) is 5.68. The van der Waals surface area contributed by atoms with Crippen LogP contribution in [0.4, 0.5) is 5.69 Å². The quantitative estimate of drug-likeness (QED) is 0.648. The molecule has 1 N–H and O–H groups in total. The first kappa shape index (κ1) is 18.6. The highest BCUT2D eigenvalue weighted by Crippen LogP contribution is 2.23. The lowest BCUT2D eigenvalue weighted by atomic mass is 10.1. The van der Waals surface area contributed by atoms with E-state index in [1.807, 2.05) is 24.3 Å². The van der Waals surface area contributed by atoms with Gasteiger partial charge in [0, 0.05) is 17.1 Å². The first-order valence-corrected chi connectivity index (χ1v) is 10.5. The predicted molar refractivity (Wildman–Crippen MR) is 109 cm³/mol. The number of nitrogens with one attached hydrogen (secondary N) is 1. The maximum Gasteiger partial charge on any atom is 0.241 e. The minimum Gasteiger partial charge on any atom is -0.325 e. The lowest BCUT2D eigenvalue weighted by molar-refractivity contribution is -0.120. The van der Waals surface area contributed by atoms with Crippen LogP contribution in [0.2, 0.25) is 0 Å². The molecule has 2 heterocycles. The van der Waals surface area contributed by atoms with Crippen LogP contribution in [0.5, 0.6) is 0 Å². The average molecular weight is 395 g/mol. The van der Waals surface area contributed by atoms with Gasteiger partial charge >= 0.3 is 0 Å². The molecule has 144 valence electrons. The van der Waals surface area contributed by atoms with Gasteiger partial charge in [0.05, 0.1) is 11.7 Å². The van der Waals surface area contributed by atoms with Crippen molar-refractivity contribution in [3.8, 4) is 5.69 Å². The molecule has 7 nitrogen and oxygen atoms in total. The first-order chi connectivity index (χ1) is 13.7. The van der Waals surface area contributed by atoms with E-state index in [2.05, 4.69) is 56.3 Å². The molecule has 0 bridgehead atoms. The molecule has 2 aromatic carbocycles. The highest BCUT2D eigenvalue weighted by atomic mass is 32.2. The van der Waals surface area contributed by atoms with Crippen LogP contribution in [0.1, 0.15) is 18.4 Å². The second kappa shape index (κ2) is 8.53. The monoisotopic (exact) mass is 394 g/mol. The van der Waals surface area contributed by atoms with E-state index in [1.165, 1.54) is 16.8 Å². The Bertz CT molecular complexity index is 928. The van der Waals surface area contributed by atoms with Gasteiger partial charge in [0.1, 0.15) is 6.33 Å². The van der Waals surface area contributed by atoms with Gasteiger partial charge in [-0.05, 0) is 72.0 Å². The highest BCUT2D eigenvalue weighted by Gasteiger charge is 2.30. The van der Waals surface area contributed by atoms with Gasteiger partial charge in [-0.3, -0.25) is 9.69 Å². The van der Waals surface area contributed by atoms with E-state index in [0.29, 0.717) is 0 Å². The fourth-order valence-electron chi connectivity index (χ4n) is 3.51. The molecule has 1 fully saturated rings. The number of tetrazole rings is 1. The zero-order valence-corrected chi connectivity index (χ0v) is 16.5. The van der Waals surface area contributed by atoms with Gasteiger partial charge in [-0.2, -0.15) is 0 Å². The Labute approximate surface area is 168 Å². The molecule has 1 aromatic heterocycles. The van der Waals surface area contributed by atoms with Gasteiger partial charge in [0.2, 0.25) is 5.91 Å². The molecule has 1 aliphatic rings. The number of anilines is 1. The van der Waals surface area contributed by atoms with E-state index in [0.717, 1.165) is 37.3 Å². The van der Waals surface area contributed by atoms with Crippen LogP contribution in [-0.4, -0.2) is 49.9 Å². The maximum atomic E-state index is 12.9. The fraction of sp³-hybridized carbons (Fsp3) is 0.300. The lowest BCUT2D eigenvalue weighted by Gasteiger charge is -2.24. The summed E-state index contributed by atoms with van der Waals surface area (Å²) in [6.45, 7) is 1.73. The number of carbonyl (C=O) groups excluding carboxylic acids is 1. The number of hydrogen-bond acceptors (Lipinski definition) is 6. The second-order valence-corrected chi connectivity index (χ2v) is 7.65. The molecule has 1 saturated heterocycles. The molecule has 1 aliphatic heterocycles. The van der Waals surface area contributed by atoms with Crippen molar-refractivity contribution in [2.45, 2.75) is 30.3 Å². The molecule has 3 aromatic rings. The largest absolute Gasteiger partial charge is 0.325 e. The molecular weight excluding hydrogens is 372 g/mol. The fourth-order valence-corrected chi connectivity index (χ4v) is 3.92. The molecular formula is C20H22N6OS. The van der Waals surface area contributed by atoms with Gasteiger partial charge in [0.15, 0.2) is 0 Å². The van der Waals surface area contributed by atoms with Crippen LogP contribution in [-0.2, 0) is 11.3 Å². The summed E-state index contributed by atoms with van der Waals surface area (Å²) >= 11 is 1.74.